The third-order valence-corrected chi connectivity index (χ3v) is 5.75. The molecule has 8 nitrogen and oxygen atoms in total. The third-order valence-electron chi connectivity index (χ3n) is 5.75. The number of pyridine rings is 1. The number of rotatable bonds is 9. The first kappa shape index (κ1) is 23.2. The van der Waals surface area contributed by atoms with Crippen LogP contribution in [0.25, 0.3) is 28.0 Å². The first-order valence-electron chi connectivity index (χ1n) is 11.7. The van der Waals surface area contributed by atoms with E-state index >= 15 is 0 Å². The Bertz CT molecular complexity index is 1470. The number of carbonyl (C=O) groups is 1. The Hall–Kier alpha value is -4.56. The van der Waals surface area contributed by atoms with Gasteiger partial charge in [-0.25, -0.2) is 9.50 Å². The average Bonchev–Trinajstić information content (AvgIpc) is 3.37. The zero-order chi connectivity index (χ0) is 24.7. The van der Waals surface area contributed by atoms with Crippen LogP contribution in [0.1, 0.15) is 15.9 Å². The standard InChI is InChI=1S/C28H26N6O2/c1-36-15-13-30-28(35)23-16-22(18-29-19-23)26-32-27(31-17-20-8-4-2-5-9-20)25-24(12-14-34(25)33-26)21-10-6-3-7-11-21/h2-12,14,16,18-19H,13,15,17H2,1H3,(H,30,35)(H,31,32,33). The number of nitrogens with zero attached hydrogens (tertiary/aromatic N) is 4. The van der Waals surface area contributed by atoms with Crippen molar-refractivity contribution in [3.63, 3.8) is 0 Å². The SMILES string of the molecule is COCCNC(=O)c1cncc(-c2nc(NCc3ccccc3)c3c(-c4ccccc4)ccn3n2)c1. The molecule has 0 fully saturated rings. The molecule has 5 rings (SSSR count). The highest BCUT2D eigenvalue weighted by atomic mass is 16.5. The van der Waals surface area contributed by atoms with Crippen LogP contribution < -0.4 is 10.6 Å². The predicted molar refractivity (Wildman–Crippen MR) is 140 cm³/mol. The Kier molecular flexibility index (Phi) is 6.95. The van der Waals surface area contributed by atoms with Crippen LogP contribution in [0.3, 0.4) is 0 Å². The number of methoxy groups -OCH3 is 1. The van der Waals surface area contributed by atoms with Crippen molar-refractivity contribution >= 4 is 17.2 Å². The van der Waals surface area contributed by atoms with E-state index in [1.165, 1.54) is 6.20 Å². The van der Waals surface area contributed by atoms with E-state index in [1.54, 1.807) is 19.4 Å². The third kappa shape index (κ3) is 5.08. The van der Waals surface area contributed by atoms with Gasteiger partial charge in [-0.1, -0.05) is 60.7 Å². The highest BCUT2D eigenvalue weighted by Crippen LogP contribution is 2.31. The molecule has 0 aliphatic rings. The number of hydrogen-bond acceptors (Lipinski definition) is 6. The first-order valence-corrected chi connectivity index (χ1v) is 11.7. The molecule has 0 saturated heterocycles. The van der Waals surface area contributed by atoms with Crippen molar-refractivity contribution in [1.29, 1.82) is 0 Å². The number of nitrogens with one attached hydrogen (secondary N) is 2. The largest absolute Gasteiger partial charge is 0.383 e. The summed E-state index contributed by atoms with van der Waals surface area (Å²) in [5.74, 6) is 0.937. The Labute approximate surface area is 209 Å². The highest BCUT2D eigenvalue weighted by molar-refractivity contribution is 5.95. The van der Waals surface area contributed by atoms with Gasteiger partial charge in [0, 0.05) is 49.9 Å². The maximum Gasteiger partial charge on any atom is 0.252 e. The van der Waals surface area contributed by atoms with Crippen LogP contribution in [0.15, 0.2) is 91.4 Å². The lowest BCUT2D eigenvalue weighted by Gasteiger charge is -2.12. The molecule has 8 heteroatoms. The number of benzene rings is 2. The topological polar surface area (TPSA) is 93.4 Å². The second-order valence-corrected chi connectivity index (χ2v) is 8.22. The van der Waals surface area contributed by atoms with Crippen molar-refractivity contribution in [2.75, 3.05) is 25.6 Å². The Balaban J connectivity index is 1.54. The molecule has 1 amide bonds. The Morgan fingerprint density at radius 1 is 0.972 bits per heavy atom. The van der Waals surface area contributed by atoms with E-state index < -0.39 is 0 Å². The van der Waals surface area contributed by atoms with Gasteiger partial charge in [0.2, 0.25) is 0 Å². The van der Waals surface area contributed by atoms with Gasteiger partial charge in [0.05, 0.1) is 12.2 Å². The molecule has 5 aromatic rings. The minimum atomic E-state index is -0.225. The number of fused-ring (bicyclic) bond motifs is 1. The van der Waals surface area contributed by atoms with Gasteiger partial charge in [-0.3, -0.25) is 9.78 Å². The van der Waals surface area contributed by atoms with Crippen LogP contribution in [0.4, 0.5) is 5.82 Å². The number of carbonyl (C=O) groups excluding carboxylic acids is 1. The molecule has 0 aliphatic heterocycles. The van der Waals surface area contributed by atoms with Crippen LogP contribution in [-0.4, -0.2) is 45.8 Å². The van der Waals surface area contributed by atoms with E-state index in [-0.39, 0.29) is 5.91 Å². The molecular formula is C28H26N6O2. The zero-order valence-electron chi connectivity index (χ0n) is 19.9. The number of ether oxygens (including phenoxy) is 1. The molecule has 2 N–H and O–H groups in total. The number of hydrogen-bond donors (Lipinski definition) is 2. The summed E-state index contributed by atoms with van der Waals surface area (Å²) in [6.45, 7) is 1.46. The molecule has 0 unspecified atom stereocenters. The van der Waals surface area contributed by atoms with Gasteiger partial charge in [-0.15, -0.1) is 5.10 Å². The summed E-state index contributed by atoms with van der Waals surface area (Å²) in [5.41, 5.74) is 5.21. The van der Waals surface area contributed by atoms with Crippen molar-refractivity contribution in [3.05, 3.63) is 103 Å². The van der Waals surface area contributed by atoms with Gasteiger partial charge >= 0.3 is 0 Å². The van der Waals surface area contributed by atoms with Gasteiger partial charge in [0.1, 0.15) is 5.52 Å². The second-order valence-electron chi connectivity index (χ2n) is 8.22. The van der Waals surface area contributed by atoms with Gasteiger partial charge in [-0.2, -0.15) is 0 Å². The fraction of sp³-hybridized carbons (Fsp3) is 0.143. The van der Waals surface area contributed by atoms with E-state index in [0.717, 1.165) is 22.2 Å². The Morgan fingerprint density at radius 2 is 1.75 bits per heavy atom. The highest BCUT2D eigenvalue weighted by Gasteiger charge is 2.16. The molecule has 3 heterocycles. The van der Waals surface area contributed by atoms with Crippen molar-refractivity contribution in [1.82, 2.24) is 24.9 Å². The molecule has 2 aromatic carbocycles. The van der Waals surface area contributed by atoms with Crippen LogP contribution in [-0.2, 0) is 11.3 Å². The van der Waals surface area contributed by atoms with E-state index in [2.05, 4.69) is 39.9 Å². The lowest BCUT2D eigenvalue weighted by atomic mass is 10.1. The van der Waals surface area contributed by atoms with E-state index in [0.29, 0.717) is 42.5 Å². The summed E-state index contributed by atoms with van der Waals surface area (Å²) in [4.78, 5) is 21.7. The molecule has 0 bridgehead atoms. The molecule has 3 aromatic heterocycles. The van der Waals surface area contributed by atoms with E-state index in [4.69, 9.17) is 14.8 Å². The maximum atomic E-state index is 12.5. The summed E-state index contributed by atoms with van der Waals surface area (Å²) in [5, 5.41) is 11.1. The summed E-state index contributed by atoms with van der Waals surface area (Å²) in [6.07, 6.45) is 5.11. The zero-order valence-corrected chi connectivity index (χ0v) is 19.9. The second kappa shape index (κ2) is 10.8. The van der Waals surface area contributed by atoms with Gasteiger partial charge < -0.3 is 15.4 Å². The van der Waals surface area contributed by atoms with E-state index in [9.17, 15) is 4.79 Å². The molecule has 0 radical (unpaired) electrons. The minimum absolute atomic E-state index is 0.225. The monoisotopic (exact) mass is 478 g/mol. The van der Waals surface area contributed by atoms with Crippen LogP contribution >= 0.6 is 0 Å². The lowest BCUT2D eigenvalue weighted by Crippen LogP contribution is -2.27. The number of aromatic nitrogens is 4. The van der Waals surface area contributed by atoms with Gasteiger partial charge in [0.15, 0.2) is 11.6 Å². The summed E-state index contributed by atoms with van der Waals surface area (Å²) < 4.78 is 6.83. The van der Waals surface area contributed by atoms with Crippen molar-refractivity contribution < 1.29 is 9.53 Å². The quantitative estimate of drug-likeness (QED) is 0.304. The maximum absolute atomic E-state index is 12.5. The van der Waals surface area contributed by atoms with Gasteiger partial charge in [0.25, 0.3) is 5.91 Å². The lowest BCUT2D eigenvalue weighted by molar-refractivity contribution is 0.0937. The number of amides is 1. The smallest absolute Gasteiger partial charge is 0.252 e. The van der Waals surface area contributed by atoms with E-state index in [1.807, 2.05) is 53.2 Å². The van der Waals surface area contributed by atoms with Crippen molar-refractivity contribution in [2.24, 2.45) is 0 Å². The van der Waals surface area contributed by atoms with Crippen molar-refractivity contribution in [3.8, 4) is 22.5 Å². The van der Waals surface area contributed by atoms with Crippen LogP contribution in [0.5, 0.6) is 0 Å². The predicted octanol–water partition coefficient (Wildman–Crippen LogP) is 4.45. The minimum Gasteiger partial charge on any atom is -0.383 e. The van der Waals surface area contributed by atoms with Crippen LogP contribution in [0.2, 0.25) is 0 Å². The van der Waals surface area contributed by atoms with Crippen LogP contribution in [0, 0.1) is 0 Å². The summed E-state index contributed by atoms with van der Waals surface area (Å²) >= 11 is 0. The average molecular weight is 479 g/mol. The normalized spacial score (nSPS) is 10.9. The first-order chi connectivity index (χ1) is 17.7. The molecule has 36 heavy (non-hydrogen) atoms. The molecule has 180 valence electrons. The molecular weight excluding hydrogens is 452 g/mol. The van der Waals surface area contributed by atoms with Crippen molar-refractivity contribution in [2.45, 2.75) is 6.54 Å². The fourth-order valence-electron chi connectivity index (χ4n) is 3.96. The number of anilines is 1. The molecule has 0 atom stereocenters. The molecule has 0 saturated carbocycles. The fourth-order valence-corrected chi connectivity index (χ4v) is 3.96. The summed E-state index contributed by atoms with van der Waals surface area (Å²) in [6, 6.07) is 24.1. The van der Waals surface area contributed by atoms with Gasteiger partial charge in [-0.05, 0) is 23.3 Å². The molecule has 0 aliphatic carbocycles. The molecule has 0 spiro atoms. The summed E-state index contributed by atoms with van der Waals surface area (Å²) in [7, 11) is 1.59. The Morgan fingerprint density at radius 3 is 2.53 bits per heavy atom.